The highest BCUT2D eigenvalue weighted by Gasteiger charge is 2.23. The van der Waals surface area contributed by atoms with Gasteiger partial charge >= 0.3 is 0 Å². The number of nitrogens with one attached hydrogen (secondary N) is 1. The lowest BCUT2D eigenvalue weighted by molar-refractivity contribution is -0.119. The summed E-state index contributed by atoms with van der Waals surface area (Å²) in [5.41, 5.74) is 6.61. The van der Waals surface area contributed by atoms with Gasteiger partial charge in [-0.25, -0.2) is 4.98 Å². The third-order valence-electron chi connectivity index (χ3n) is 4.92. The van der Waals surface area contributed by atoms with Crippen molar-refractivity contribution in [2.24, 2.45) is 16.6 Å². The van der Waals surface area contributed by atoms with E-state index in [4.69, 9.17) is 5.73 Å². The van der Waals surface area contributed by atoms with Crippen molar-refractivity contribution in [3.05, 3.63) is 54.1 Å². The Bertz CT molecular complexity index is 776. The van der Waals surface area contributed by atoms with Gasteiger partial charge in [0.05, 0.1) is 6.54 Å². The predicted octanol–water partition coefficient (Wildman–Crippen LogP) is 2.21. The van der Waals surface area contributed by atoms with Crippen LogP contribution < -0.4 is 11.1 Å². The molecule has 0 radical (unpaired) electrons. The van der Waals surface area contributed by atoms with Crippen molar-refractivity contribution in [1.29, 1.82) is 0 Å². The first-order valence-corrected chi connectivity index (χ1v) is 9.43. The third-order valence-corrected chi connectivity index (χ3v) is 4.92. The number of rotatable bonds is 6. The molecule has 3 N–H and O–H groups in total. The van der Waals surface area contributed by atoms with Crippen LogP contribution in [0.2, 0.25) is 0 Å². The Balaban J connectivity index is 0.00000280. The van der Waals surface area contributed by atoms with Crippen LogP contribution >= 0.6 is 24.0 Å². The van der Waals surface area contributed by atoms with Gasteiger partial charge in [0.25, 0.3) is 0 Å². The fourth-order valence-electron chi connectivity index (χ4n) is 3.63. The zero-order chi connectivity index (χ0) is 19.1. The minimum Gasteiger partial charge on any atom is -0.370 e. The number of hydrogen-bond acceptors (Lipinski definition) is 3. The zero-order valence-electron chi connectivity index (χ0n) is 16.3. The molecule has 2 heterocycles. The molecule has 3 rings (SSSR count). The number of aliphatic imine (C=N–C) groups is 1. The average Bonchev–Trinajstić information content (AvgIpc) is 3.10. The van der Waals surface area contributed by atoms with Crippen LogP contribution in [-0.2, 0) is 17.9 Å². The number of hydrogen-bond donors (Lipinski definition) is 2. The Labute approximate surface area is 183 Å². The normalized spacial score (nSPS) is 17.1. The molecule has 1 aromatic heterocycles. The van der Waals surface area contributed by atoms with Crippen molar-refractivity contribution in [2.45, 2.75) is 32.4 Å². The van der Waals surface area contributed by atoms with Crippen LogP contribution in [0, 0.1) is 5.92 Å². The van der Waals surface area contributed by atoms with E-state index in [-0.39, 0.29) is 29.9 Å². The molecule has 0 saturated carbocycles. The molecule has 2 aromatic rings. The summed E-state index contributed by atoms with van der Waals surface area (Å²) in [5, 5.41) is 3.42. The van der Waals surface area contributed by atoms with Crippen molar-refractivity contribution in [3.8, 4) is 0 Å². The van der Waals surface area contributed by atoms with E-state index in [1.807, 2.05) is 30.6 Å². The number of imidazole rings is 1. The van der Waals surface area contributed by atoms with Crippen molar-refractivity contribution in [2.75, 3.05) is 20.1 Å². The lowest BCUT2D eigenvalue weighted by Gasteiger charge is -2.34. The molecule has 1 aliphatic rings. The molecule has 7 nitrogen and oxygen atoms in total. The molecule has 0 aliphatic carbocycles. The lowest BCUT2D eigenvalue weighted by atomic mass is 9.95. The van der Waals surface area contributed by atoms with E-state index in [2.05, 4.69) is 36.9 Å². The van der Waals surface area contributed by atoms with Crippen LogP contribution in [-0.4, -0.2) is 46.5 Å². The van der Waals surface area contributed by atoms with Crippen molar-refractivity contribution >= 4 is 35.8 Å². The SMILES string of the molecule is CN=C(NCc1nccn1Cc1ccccc1)N1CCCC(CC(N)=O)C1.I. The average molecular weight is 496 g/mol. The molecule has 28 heavy (non-hydrogen) atoms. The Hall–Kier alpha value is -2.10. The van der Waals surface area contributed by atoms with Gasteiger partial charge in [-0.1, -0.05) is 30.3 Å². The summed E-state index contributed by atoms with van der Waals surface area (Å²) < 4.78 is 2.14. The summed E-state index contributed by atoms with van der Waals surface area (Å²) in [5.74, 6) is 1.88. The molecule has 1 aliphatic heterocycles. The van der Waals surface area contributed by atoms with Gasteiger partial charge in [0.15, 0.2) is 5.96 Å². The highest BCUT2D eigenvalue weighted by Crippen LogP contribution is 2.19. The number of primary amides is 1. The number of aromatic nitrogens is 2. The summed E-state index contributed by atoms with van der Waals surface area (Å²) in [7, 11) is 1.79. The predicted molar refractivity (Wildman–Crippen MR) is 121 cm³/mol. The zero-order valence-corrected chi connectivity index (χ0v) is 18.6. The fraction of sp³-hybridized carbons (Fsp3) is 0.450. The third kappa shape index (κ3) is 6.22. The summed E-state index contributed by atoms with van der Waals surface area (Å²) in [4.78, 5) is 22.3. The number of carbonyl (C=O) groups is 1. The number of carbonyl (C=O) groups excluding carboxylic acids is 1. The second kappa shape index (κ2) is 11.0. The second-order valence-electron chi connectivity index (χ2n) is 6.98. The first kappa shape index (κ1) is 22.2. The van der Waals surface area contributed by atoms with Gasteiger partial charge in [-0.3, -0.25) is 9.79 Å². The van der Waals surface area contributed by atoms with E-state index in [0.29, 0.717) is 18.9 Å². The highest BCUT2D eigenvalue weighted by atomic mass is 127. The minimum absolute atomic E-state index is 0. The summed E-state index contributed by atoms with van der Waals surface area (Å²) >= 11 is 0. The maximum absolute atomic E-state index is 11.2. The van der Waals surface area contributed by atoms with Crippen LogP contribution in [0.15, 0.2) is 47.7 Å². The van der Waals surface area contributed by atoms with Gasteiger partial charge in [-0.2, -0.15) is 0 Å². The van der Waals surface area contributed by atoms with Crippen molar-refractivity contribution in [3.63, 3.8) is 0 Å². The standard InChI is InChI=1S/C20H28N6O.HI/c1-22-20(26-10-5-8-17(15-26)12-18(21)27)24-13-19-23-9-11-25(19)14-16-6-3-2-4-7-16;/h2-4,6-7,9,11,17H,5,8,10,12-15H2,1H3,(H2,21,27)(H,22,24);1H. The smallest absolute Gasteiger partial charge is 0.217 e. The quantitative estimate of drug-likeness (QED) is 0.365. The van der Waals surface area contributed by atoms with E-state index in [1.54, 1.807) is 7.05 Å². The van der Waals surface area contributed by atoms with Gasteiger partial charge in [0.2, 0.25) is 5.91 Å². The molecule has 1 atom stereocenters. The molecule has 1 fully saturated rings. The second-order valence-corrected chi connectivity index (χ2v) is 6.98. The lowest BCUT2D eigenvalue weighted by Crippen LogP contribution is -2.47. The molecule has 1 unspecified atom stereocenters. The Morgan fingerprint density at radius 2 is 2.14 bits per heavy atom. The Morgan fingerprint density at radius 1 is 1.36 bits per heavy atom. The summed E-state index contributed by atoms with van der Waals surface area (Å²) in [6.07, 6.45) is 6.34. The molecule has 8 heteroatoms. The number of benzene rings is 1. The van der Waals surface area contributed by atoms with Crippen LogP contribution in [0.1, 0.15) is 30.7 Å². The van der Waals surface area contributed by atoms with Crippen molar-refractivity contribution in [1.82, 2.24) is 19.8 Å². The molecule has 1 aromatic carbocycles. The van der Waals surface area contributed by atoms with Crippen molar-refractivity contribution < 1.29 is 4.79 Å². The molecule has 1 saturated heterocycles. The number of halogens is 1. The largest absolute Gasteiger partial charge is 0.370 e. The number of piperidine rings is 1. The van der Waals surface area contributed by atoms with E-state index in [0.717, 1.165) is 44.3 Å². The molecule has 0 spiro atoms. The van der Waals surface area contributed by atoms with E-state index < -0.39 is 0 Å². The number of likely N-dealkylation sites (tertiary alicyclic amines) is 1. The van der Waals surface area contributed by atoms with Gasteiger partial charge in [0, 0.05) is 45.5 Å². The van der Waals surface area contributed by atoms with Crippen LogP contribution in [0.4, 0.5) is 0 Å². The Kier molecular flexibility index (Phi) is 8.75. The van der Waals surface area contributed by atoms with Gasteiger partial charge in [-0.05, 0) is 24.3 Å². The number of guanidine groups is 1. The Morgan fingerprint density at radius 3 is 2.86 bits per heavy atom. The van der Waals surface area contributed by atoms with Gasteiger partial charge < -0.3 is 20.5 Å². The van der Waals surface area contributed by atoms with E-state index in [9.17, 15) is 4.79 Å². The van der Waals surface area contributed by atoms with E-state index >= 15 is 0 Å². The van der Waals surface area contributed by atoms with Crippen LogP contribution in [0.5, 0.6) is 0 Å². The summed E-state index contributed by atoms with van der Waals surface area (Å²) in [6, 6.07) is 10.3. The molecule has 1 amide bonds. The fourth-order valence-corrected chi connectivity index (χ4v) is 3.63. The minimum atomic E-state index is -0.229. The first-order valence-electron chi connectivity index (χ1n) is 9.43. The maximum Gasteiger partial charge on any atom is 0.217 e. The number of nitrogens with two attached hydrogens (primary N) is 1. The maximum atomic E-state index is 11.2. The van der Waals surface area contributed by atoms with E-state index in [1.165, 1.54) is 5.56 Å². The summed E-state index contributed by atoms with van der Waals surface area (Å²) in [6.45, 7) is 3.14. The highest BCUT2D eigenvalue weighted by molar-refractivity contribution is 14.0. The monoisotopic (exact) mass is 496 g/mol. The molecular weight excluding hydrogens is 467 g/mol. The molecule has 0 bridgehead atoms. The van der Waals surface area contributed by atoms with Gasteiger partial charge in [-0.15, -0.1) is 24.0 Å². The van der Waals surface area contributed by atoms with Gasteiger partial charge in [0.1, 0.15) is 5.82 Å². The topological polar surface area (TPSA) is 88.5 Å². The van der Waals surface area contributed by atoms with Crippen LogP contribution in [0.3, 0.4) is 0 Å². The van der Waals surface area contributed by atoms with Crippen LogP contribution in [0.25, 0.3) is 0 Å². The first-order chi connectivity index (χ1) is 13.2. The molecular formula is C20H29IN6O. The number of amides is 1. The molecule has 152 valence electrons. The number of nitrogens with zero attached hydrogens (tertiary/aromatic N) is 4.